The van der Waals surface area contributed by atoms with Crippen molar-refractivity contribution in [1.82, 2.24) is 10.2 Å². The van der Waals surface area contributed by atoms with Crippen molar-refractivity contribution in [2.45, 2.75) is 39.4 Å². The van der Waals surface area contributed by atoms with Gasteiger partial charge in [-0.25, -0.2) is 0 Å². The van der Waals surface area contributed by atoms with Crippen molar-refractivity contribution in [1.29, 1.82) is 0 Å². The highest BCUT2D eigenvalue weighted by atomic mass is 19.4. The number of ether oxygens (including phenoxy) is 1. The Hall–Kier alpha value is -0.820. The van der Waals surface area contributed by atoms with Crippen molar-refractivity contribution >= 4 is 5.91 Å². The summed E-state index contributed by atoms with van der Waals surface area (Å²) >= 11 is 0. The summed E-state index contributed by atoms with van der Waals surface area (Å²) in [7, 11) is 0. The van der Waals surface area contributed by atoms with E-state index in [4.69, 9.17) is 4.74 Å². The quantitative estimate of drug-likeness (QED) is 0.782. The molecule has 0 aliphatic carbocycles. The van der Waals surface area contributed by atoms with Gasteiger partial charge in [0.05, 0.1) is 6.42 Å². The molecule has 1 aliphatic heterocycles. The molecule has 0 aromatic carbocycles. The molecule has 7 heteroatoms. The van der Waals surface area contributed by atoms with E-state index in [9.17, 15) is 18.0 Å². The van der Waals surface area contributed by atoms with E-state index in [0.29, 0.717) is 25.6 Å². The SMILES string of the molecule is CCOCC(=O)N[C@H]1CN(CCC(F)(F)F)C[C@@H]1C(C)C. The van der Waals surface area contributed by atoms with Gasteiger partial charge in [0.25, 0.3) is 0 Å². The van der Waals surface area contributed by atoms with E-state index >= 15 is 0 Å². The Morgan fingerprint density at radius 3 is 2.57 bits per heavy atom. The molecule has 1 saturated heterocycles. The molecule has 4 nitrogen and oxygen atoms in total. The van der Waals surface area contributed by atoms with E-state index in [1.54, 1.807) is 11.8 Å². The van der Waals surface area contributed by atoms with Crippen LogP contribution in [0.4, 0.5) is 13.2 Å². The Morgan fingerprint density at radius 1 is 1.38 bits per heavy atom. The van der Waals surface area contributed by atoms with E-state index in [1.165, 1.54) is 0 Å². The first kappa shape index (κ1) is 18.2. The van der Waals surface area contributed by atoms with Crippen LogP contribution in [0.2, 0.25) is 0 Å². The second kappa shape index (κ2) is 7.98. The number of alkyl halides is 3. The summed E-state index contributed by atoms with van der Waals surface area (Å²) in [6, 6.07) is -0.105. The molecule has 124 valence electrons. The second-order valence-corrected chi connectivity index (χ2v) is 5.84. The van der Waals surface area contributed by atoms with Gasteiger partial charge < -0.3 is 15.0 Å². The Kier molecular flexibility index (Phi) is 6.93. The van der Waals surface area contributed by atoms with Crippen LogP contribution in [0, 0.1) is 11.8 Å². The average molecular weight is 310 g/mol. The van der Waals surface area contributed by atoms with Crippen LogP contribution in [0.5, 0.6) is 0 Å². The number of hydrogen-bond donors (Lipinski definition) is 1. The lowest BCUT2D eigenvalue weighted by atomic mass is 9.91. The zero-order valence-electron chi connectivity index (χ0n) is 12.9. The van der Waals surface area contributed by atoms with Crippen LogP contribution >= 0.6 is 0 Å². The minimum absolute atomic E-state index is 0.000363. The number of hydrogen-bond acceptors (Lipinski definition) is 3. The summed E-state index contributed by atoms with van der Waals surface area (Å²) in [6.45, 7) is 7.37. The van der Waals surface area contributed by atoms with Crippen LogP contribution in [0.1, 0.15) is 27.2 Å². The molecule has 1 fully saturated rings. The number of nitrogens with zero attached hydrogens (tertiary/aromatic N) is 1. The summed E-state index contributed by atoms with van der Waals surface area (Å²) in [5.74, 6) is 0.271. The fourth-order valence-electron chi connectivity index (χ4n) is 2.65. The third kappa shape index (κ3) is 6.65. The van der Waals surface area contributed by atoms with Crippen molar-refractivity contribution < 1.29 is 22.7 Å². The number of amides is 1. The molecule has 21 heavy (non-hydrogen) atoms. The fourth-order valence-corrected chi connectivity index (χ4v) is 2.65. The average Bonchev–Trinajstić information content (AvgIpc) is 2.76. The van der Waals surface area contributed by atoms with Gasteiger partial charge in [-0.1, -0.05) is 13.8 Å². The van der Waals surface area contributed by atoms with Crippen molar-refractivity contribution in [2.75, 3.05) is 32.8 Å². The number of carbonyl (C=O) groups is 1. The van der Waals surface area contributed by atoms with Gasteiger partial charge in [0, 0.05) is 32.3 Å². The molecular formula is C14H25F3N2O2. The third-order valence-electron chi connectivity index (χ3n) is 3.79. The maximum absolute atomic E-state index is 12.3. The van der Waals surface area contributed by atoms with Gasteiger partial charge in [-0.05, 0) is 18.8 Å². The van der Waals surface area contributed by atoms with Crippen molar-refractivity contribution in [2.24, 2.45) is 11.8 Å². The summed E-state index contributed by atoms with van der Waals surface area (Å²) < 4.78 is 41.9. The van der Waals surface area contributed by atoms with Crippen LogP contribution in [0.25, 0.3) is 0 Å². The van der Waals surface area contributed by atoms with Crippen molar-refractivity contribution in [3.8, 4) is 0 Å². The standard InChI is InChI=1S/C14H25F3N2O2/c1-4-21-9-13(20)18-12-8-19(6-5-14(15,16)17)7-11(12)10(2)3/h10-12H,4-9H2,1-3H3,(H,18,20)/t11-,12+/m1/s1. The molecule has 1 amide bonds. The summed E-state index contributed by atoms with van der Waals surface area (Å²) in [6.07, 6.45) is -4.94. The molecule has 0 bridgehead atoms. The second-order valence-electron chi connectivity index (χ2n) is 5.84. The van der Waals surface area contributed by atoms with E-state index in [2.05, 4.69) is 5.32 Å². The molecule has 0 radical (unpaired) electrons. The summed E-state index contributed by atoms with van der Waals surface area (Å²) in [5.41, 5.74) is 0. The Morgan fingerprint density at radius 2 is 2.05 bits per heavy atom. The van der Waals surface area contributed by atoms with Gasteiger partial charge in [0.1, 0.15) is 6.61 Å². The number of rotatable bonds is 7. The maximum Gasteiger partial charge on any atom is 0.390 e. The molecule has 0 spiro atoms. The monoisotopic (exact) mass is 310 g/mol. The fraction of sp³-hybridized carbons (Fsp3) is 0.929. The Bertz CT molecular complexity index is 335. The lowest BCUT2D eigenvalue weighted by Gasteiger charge is -2.22. The minimum atomic E-state index is -4.14. The lowest BCUT2D eigenvalue weighted by Crippen LogP contribution is -2.43. The highest BCUT2D eigenvalue weighted by Gasteiger charge is 2.37. The predicted octanol–water partition coefficient (Wildman–Crippen LogP) is 2.05. The molecule has 1 heterocycles. The first-order chi connectivity index (χ1) is 9.73. The van der Waals surface area contributed by atoms with Gasteiger partial charge in [0.2, 0.25) is 5.91 Å². The molecule has 1 aliphatic rings. The molecule has 2 atom stereocenters. The molecule has 1 rings (SSSR count). The van der Waals surface area contributed by atoms with Crippen molar-refractivity contribution in [3.63, 3.8) is 0 Å². The highest BCUT2D eigenvalue weighted by Crippen LogP contribution is 2.27. The van der Waals surface area contributed by atoms with Crippen LogP contribution < -0.4 is 5.32 Å². The first-order valence-corrected chi connectivity index (χ1v) is 7.39. The molecule has 0 saturated carbocycles. The molecule has 1 N–H and O–H groups in total. The van der Waals surface area contributed by atoms with Crippen LogP contribution in [-0.4, -0.2) is 55.9 Å². The normalized spacial score (nSPS) is 23.8. The lowest BCUT2D eigenvalue weighted by molar-refractivity contribution is -0.137. The molecular weight excluding hydrogens is 285 g/mol. The van der Waals surface area contributed by atoms with E-state index < -0.39 is 12.6 Å². The molecule has 0 unspecified atom stereocenters. The summed E-state index contributed by atoms with van der Waals surface area (Å²) in [4.78, 5) is 13.5. The first-order valence-electron chi connectivity index (χ1n) is 7.39. The van der Waals surface area contributed by atoms with Gasteiger partial charge in [-0.3, -0.25) is 4.79 Å². The number of nitrogens with one attached hydrogen (secondary N) is 1. The topological polar surface area (TPSA) is 41.6 Å². The largest absolute Gasteiger partial charge is 0.390 e. The smallest absolute Gasteiger partial charge is 0.372 e. The zero-order chi connectivity index (χ0) is 16.0. The van der Waals surface area contributed by atoms with E-state index in [0.717, 1.165) is 0 Å². The zero-order valence-corrected chi connectivity index (χ0v) is 12.9. The number of carbonyl (C=O) groups excluding carboxylic acids is 1. The molecule has 0 aromatic heterocycles. The Labute approximate surface area is 124 Å². The van der Waals surface area contributed by atoms with Crippen LogP contribution in [0.3, 0.4) is 0 Å². The Balaban J connectivity index is 2.51. The maximum atomic E-state index is 12.3. The van der Waals surface area contributed by atoms with Crippen LogP contribution in [0.15, 0.2) is 0 Å². The van der Waals surface area contributed by atoms with Gasteiger partial charge >= 0.3 is 6.18 Å². The van der Waals surface area contributed by atoms with E-state index in [-0.39, 0.29) is 31.0 Å². The third-order valence-corrected chi connectivity index (χ3v) is 3.79. The van der Waals surface area contributed by atoms with Gasteiger partial charge in [-0.15, -0.1) is 0 Å². The number of halogens is 3. The minimum Gasteiger partial charge on any atom is -0.372 e. The van der Waals surface area contributed by atoms with Gasteiger partial charge in [-0.2, -0.15) is 13.2 Å². The summed E-state index contributed by atoms with van der Waals surface area (Å²) in [5, 5.41) is 2.89. The van der Waals surface area contributed by atoms with Gasteiger partial charge in [0.15, 0.2) is 0 Å². The van der Waals surface area contributed by atoms with E-state index in [1.807, 2.05) is 13.8 Å². The predicted molar refractivity (Wildman–Crippen MR) is 73.9 cm³/mol. The van der Waals surface area contributed by atoms with Crippen molar-refractivity contribution in [3.05, 3.63) is 0 Å². The highest BCUT2D eigenvalue weighted by molar-refractivity contribution is 5.77. The number of likely N-dealkylation sites (tertiary alicyclic amines) is 1. The molecule has 0 aromatic rings. The van der Waals surface area contributed by atoms with Crippen LogP contribution in [-0.2, 0) is 9.53 Å².